The summed E-state index contributed by atoms with van der Waals surface area (Å²) in [5.41, 5.74) is 1.30. The van der Waals surface area contributed by atoms with Gasteiger partial charge in [-0.1, -0.05) is 12.1 Å². The fourth-order valence-electron chi connectivity index (χ4n) is 3.43. The third kappa shape index (κ3) is 3.55. The van der Waals surface area contributed by atoms with Crippen LogP contribution in [0.5, 0.6) is 0 Å². The lowest BCUT2D eigenvalue weighted by Crippen LogP contribution is -2.36. The first-order chi connectivity index (χ1) is 13.2. The zero-order valence-electron chi connectivity index (χ0n) is 15.6. The molecule has 0 radical (unpaired) electrons. The van der Waals surface area contributed by atoms with Gasteiger partial charge in [-0.25, -0.2) is 9.97 Å². The van der Waals surface area contributed by atoms with Crippen molar-refractivity contribution in [3.63, 3.8) is 0 Å². The average Bonchev–Trinajstić information content (AvgIpc) is 3.18. The van der Waals surface area contributed by atoms with Crippen LogP contribution in [-0.4, -0.2) is 66.4 Å². The summed E-state index contributed by atoms with van der Waals surface area (Å²) in [6.07, 6.45) is 5.18. The van der Waals surface area contributed by atoms with Gasteiger partial charge in [0.1, 0.15) is 5.69 Å². The number of amides is 1. The van der Waals surface area contributed by atoms with Crippen molar-refractivity contribution in [1.29, 1.82) is 0 Å². The third-order valence-electron chi connectivity index (χ3n) is 4.84. The highest BCUT2D eigenvalue weighted by Crippen LogP contribution is 2.15. The largest absolute Gasteiger partial charge is 0.338 e. The molecule has 4 rings (SSSR count). The summed E-state index contributed by atoms with van der Waals surface area (Å²) in [6, 6.07) is 1.81. The van der Waals surface area contributed by atoms with Crippen LogP contribution in [0.3, 0.4) is 0 Å². The Morgan fingerprint density at radius 1 is 1.22 bits per heavy atom. The molecule has 3 aromatic rings. The number of hydrogen-bond acceptors (Lipinski definition) is 7. The molecule has 0 bridgehead atoms. The molecule has 9 heteroatoms. The van der Waals surface area contributed by atoms with Gasteiger partial charge < -0.3 is 9.42 Å². The van der Waals surface area contributed by atoms with Gasteiger partial charge in [0.15, 0.2) is 5.82 Å². The molecule has 0 aliphatic carbocycles. The highest BCUT2D eigenvalue weighted by molar-refractivity contribution is 5.94. The Morgan fingerprint density at radius 2 is 2.11 bits per heavy atom. The van der Waals surface area contributed by atoms with E-state index in [4.69, 9.17) is 4.52 Å². The van der Waals surface area contributed by atoms with E-state index in [-0.39, 0.29) is 5.91 Å². The van der Waals surface area contributed by atoms with Gasteiger partial charge in [-0.2, -0.15) is 4.98 Å². The number of carbonyl (C=O) groups excluding carboxylic acids is 1. The van der Waals surface area contributed by atoms with Gasteiger partial charge in [0.25, 0.3) is 5.91 Å². The number of carbonyl (C=O) groups is 1. The molecule has 1 saturated heterocycles. The van der Waals surface area contributed by atoms with Crippen LogP contribution in [0.2, 0.25) is 0 Å². The summed E-state index contributed by atoms with van der Waals surface area (Å²) in [5, 5.41) is 3.95. The maximum Gasteiger partial charge on any atom is 0.272 e. The summed E-state index contributed by atoms with van der Waals surface area (Å²) < 4.78 is 7.06. The van der Waals surface area contributed by atoms with Crippen molar-refractivity contribution in [3.05, 3.63) is 41.6 Å². The monoisotopic (exact) mass is 369 g/mol. The van der Waals surface area contributed by atoms with Crippen molar-refractivity contribution < 1.29 is 9.32 Å². The molecule has 142 valence electrons. The number of imidazole rings is 1. The minimum Gasteiger partial charge on any atom is -0.338 e. The van der Waals surface area contributed by atoms with Crippen molar-refractivity contribution >= 4 is 11.7 Å². The Hall–Kier alpha value is -2.81. The second-order valence-electron chi connectivity index (χ2n) is 6.72. The summed E-state index contributed by atoms with van der Waals surface area (Å²) in [6.45, 7) is 7.50. The van der Waals surface area contributed by atoms with Gasteiger partial charge in [0.05, 0.1) is 12.2 Å². The van der Waals surface area contributed by atoms with Gasteiger partial charge >= 0.3 is 0 Å². The Balaban J connectivity index is 1.46. The highest BCUT2D eigenvalue weighted by atomic mass is 16.5. The van der Waals surface area contributed by atoms with E-state index in [2.05, 4.69) is 25.0 Å². The topological polar surface area (TPSA) is 92.7 Å². The van der Waals surface area contributed by atoms with Gasteiger partial charge in [-0.3, -0.25) is 14.1 Å². The maximum atomic E-state index is 13.1. The van der Waals surface area contributed by atoms with E-state index in [0.717, 1.165) is 31.8 Å². The van der Waals surface area contributed by atoms with Gasteiger partial charge in [-0.15, -0.1) is 0 Å². The molecule has 27 heavy (non-hydrogen) atoms. The SMILES string of the molecule is CCc1noc(CN2CCCN(C(=O)c3c(C)nc4ncccn34)CC2)n1. The van der Waals surface area contributed by atoms with Crippen LogP contribution < -0.4 is 0 Å². The fourth-order valence-corrected chi connectivity index (χ4v) is 3.43. The zero-order valence-corrected chi connectivity index (χ0v) is 15.6. The maximum absolute atomic E-state index is 13.1. The van der Waals surface area contributed by atoms with Crippen molar-refractivity contribution in [2.24, 2.45) is 0 Å². The molecular formula is C18H23N7O2. The first-order valence-corrected chi connectivity index (χ1v) is 9.28. The molecule has 1 aliphatic rings. The third-order valence-corrected chi connectivity index (χ3v) is 4.84. The molecule has 0 aromatic carbocycles. The zero-order chi connectivity index (χ0) is 18.8. The van der Waals surface area contributed by atoms with Crippen LogP contribution in [0.25, 0.3) is 5.78 Å². The number of hydrogen-bond donors (Lipinski definition) is 0. The number of aromatic nitrogens is 5. The predicted molar refractivity (Wildman–Crippen MR) is 97.2 cm³/mol. The molecule has 4 heterocycles. The second-order valence-corrected chi connectivity index (χ2v) is 6.72. The van der Waals surface area contributed by atoms with E-state index in [1.807, 2.05) is 31.0 Å². The Bertz CT molecular complexity index is 948. The van der Waals surface area contributed by atoms with E-state index in [1.54, 1.807) is 10.6 Å². The minimum absolute atomic E-state index is 0.000842. The Labute approximate surface area is 157 Å². The molecule has 0 spiro atoms. The molecule has 0 saturated carbocycles. The summed E-state index contributed by atoms with van der Waals surface area (Å²) in [4.78, 5) is 30.3. The van der Waals surface area contributed by atoms with E-state index >= 15 is 0 Å². The molecule has 0 N–H and O–H groups in total. The van der Waals surface area contributed by atoms with E-state index in [0.29, 0.717) is 42.7 Å². The molecule has 1 aliphatic heterocycles. The molecule has 1 amide bonds. The van der Waals surface area contributed by atoms with Gasteiger partial charge in [0.2, 0.25) is 11.7 Å². The highest BCUT2D eigenvalue weighted by Gasteiger charge is 2.25. The summed E-state index contributed by atoms with van der Waals surface area (Å²) in [7, 11) is 0. The molecule has 0 unspecified atom stereocenters. The second kappa shape index (κ2) is 7.43. The predicted octanol–water partition coefficient (Wildman–Crippen LogP) is 1.33. The minimum atomic E-state index is 0.000842. The number of aryl methyl sites for hydroxylation is 2. The standard InChI is InChI=1S/C18H23N7O2/c1-3-14-21-15(27-22-14)12-23-7-5-8-24(11-10-23)17(26)16-13(2)20-18-19-6-4-9-25(16)18/h4,6,9H,3,5,7-8,10-12H2,1-2H3. The van der Waals surface area contributed by atoms with Crippen LogP contribution in [0.1, 0.15) is 41.2 Å². The Kier molecular flexibility index (Phi) is 4.85. The van der Waals surface area contributed by atoms with Gasteiger partial charge in [0, 0.05) is 45.0 Å². The van der Waals surface area contributed by atoms with Crippen molar-refractivity contribution in [1.82, 2.24) is 34.3 Å². The van der Waals surface area contributed by atoms with Crippen molar-refractivity contribution in [3.8, 4) is 0 Å². The number of fused-ring (bicyclic) bond motifs is 1. The van der Waals surface area contributed by atoms with E-state index in [9.17, 15) is 4.79 Å². The summed E-state index contributed by atoms with van der Waals surface area (Å²) in [5.74, 6) is 1.92. The first kappa shape index (κ1) is 17.6. The summed E-state index contributed by atoms with van der Waals surface area (Å²) >= 11 is 0. The van der Waals surface area contributed by atoms with Crippen LogP contribution in [0.4, 0.5) is 0 Å². The first-order valence-electron chi connectivity index (χ1n) is 9.28. The number of nitrogens with zero attached hydrogens (tertiary/aromatic N) is 7. The average molecular weight is 369 g/mol. The molecule has 3 aromatic heterocycles. The van der Waals surface area contributed by atoms with E-state index < -0.39 is 0 Å². The smallest absolute Gasteiger partial charge is 0.272 e. The quantitative estimate of drug-likeness (QED) is 0.685. The van der Waals surface area contributed by atoms with Crippen LogP contribution in [0, 0.1) is 6.92 Å². The normalized spacial score (nSPS) is 16.0. The lowest BCUT2D eigenvalue weighted by molar-refractivity contribution is 0.0752. The lowest BCUT2D eigenvalue weighted by Gasteiger charge is -2.21. The molecule has 9 nitrogen and oxygen atoms in total. The molecule has 0 atom stereocenters. The van der Waals surface area contributed by atoms with Crippen LogP contribution in [-0.2, 0) is 13.0 Å². The fraction of sp³-hybridized carbons (Fsp3) is 0.500. The van der Waals surface area contributed by atoms with E-state index in [1.165, 1.54) is 0 Å². The number of rotatable bonds is 4. The lowest BCUT2D eigenvalue weighted by atomic mass is 10.3. The molecule has 1 fully saturated rings. The molecular weight excluding hydrogens is 346 g/mol. The van der Waals surface area contributed by atoms with Crippen LogP contribution >= 0.6 is 0 Å². The van der Waals surface area contributed by atoms with Crippen molar-refractivity contribution in [2.75, 3.05) is 26.2 Å². The van der Waals surface area contributed by atoms with Gasteiger partial charge in [-0.05, 0) is 19.4 Å². The Morgan fingerprint density at radius 3 is 2.93 bits per heavy atom. The van der Waals surface area contributed by atoms with Crippen LogP contribution in [0.15, 0.2) is 23.0 Å². The van der Waals surface area contributed by atoms with Crippen molar-refractivity contribution in [2.45, 2.75) is 33.2 Å².